The highest BCUT2D eigenvalue weighted by Crippen LogP contribution is 2.34. The number of carbonyl (C=O) groups is 2. The number of anilines is 2. The molecule has 9 nitrogen and oxygen atoms in total. The van der Waals surface area contributed by atoms with Crippen molar-refractivity contribution in [3.05, 3.63) is 53.2 Å². The first-order chi connectivity index (χ1) is 18.6. The van der Waals surface area contributed by atoms with Crippen LogP contribution >= 0.6 is 0 Å². The molecular weight excluding hydrogens is 484 g/mol. The summed E-state index contributed by atoms with van der Waals surface area (Å²) in [5.41, 5.74) is 3.73. The molecule has 1 unspecified atom stereocenters. The fourth-order valence-electron chi connectivity index (χ4n) is 5.50. The number of hydrogen-bond donors (Lipinski definition) is 3. The first-order valence-corrected chi connectivity index (χ1v) is 13.9. The number of aryl methyl sites for hydroxylation is 2. The van der Waals surface area contributed by atoms with E-state index in [1.54, 1.807) is 12.1 Å². The molecular formula is C29H38N4O5. The number of pyridine rings is 1. The second-order valence-corrected chi connectivity index (χ2v) is 10.5. The van der Waals surface area contributed by atoms with E-state index in [0.29, 0.717) is 44.4 Å². The van der Waals surface area contributed by atoms with E-state index in [9.17, 15) is 14.7 Å². The zero-order valence-corrected chi connectivity index (χ0v) is 21.9. The van der Waals surface area contributed by atoms with Crippen molar-refractivity contribution in [2.75, 3.05) is 49.7 Å². The van der Waals surface area contributed by atoms with Crippen molar-refractivity contribution in [2.45, 2.75) is 57.1 Å². The molecule has 1 saturated heterocycles. The molecule has 5 rings (SSSR count). The highest BCUT2D eigenvalue weighted by atomic mass is 16.5. The monoisotopic (exact) mass is 522 g/mol. The Kier molecular flexibility index (Phi) is 8.75. The summed E-state index contributed by atoms with van der Waals surface area (Å²) in [5.74, 6) is 0.226. The summed E-state index contributed by atoms with van der Waals surface area (Å²) in [5, 5.41) is 15.8. The Morgan fingerprint density at radius 3 is 2.82 bits per heavy atom. The predicted octanol–water partition coefficient (Wildman–Crippen LogP) is 3.28. The van der Waals surface area contributed by atoms with Crippen molar-refractivity contribution < 1.29 is 24.2 Å². The van der Waals surface area contributed by atoms with Gasteiger partial charge in [-0.2, -0.15) is 0 Å². The van der Waals surface area contributed by atoms with Gasteiger partial charge in [0.2, 0.25) is 0 Å². The lowest BCUT2D eigenvalue weighted by Crippen LogP contribution is -2.43. The fraction of sp³-hybridized carbons (Fsp3) is 0.552. The minimum absolute atomic E-state index is 0.158. The average molecular weight is 523 g/mol. The van der Waals surface area contributed by atoms with Crippen LogP contribution < -0.4 is 15.5 Å². The van der Waals surface area contributed by atoms with Crippen molar-refractivity contribution in [3.63, 3.8) is 0 Å². The summed E-state index contributed by atoms with van der Waals surface area (Å²) in [6.07, 6.45) is 6.68. The van der Waals surface area contributed by atoms with E-state index in [0.717, 1.165) is 55.8 Å². The van der Waals surface area contributed by atoms with Gasteiger partial charge < -0.3 is 30.1 Å². The van der Waals surface area contributed by atoms with E-state index in [-0.39, 0.29) is 18.4 Å². The van der Waals surface area contributed by atoms with Crippen molar-refractivity contribution in [3.8, 4) is 0 Å². The van der Waals surface area contributed by atoms with Crippen LogP contribution in [0.2, 0.25) is 0 Å². The standard InChI is InChI=1S/C29H38N4O5/c34-28(24-5-1-2-6-26(24)33-13-16-37-17-14-33)32-25(29(35)36)11-15-38-23-18-20(19-23)7-9-22-10-8-21-4-3-12-30-27(21)31-22/h1-2,5-6,8,10,20,23,25H,3-4,7,9,11-19H2,(H,30,31)(H,32,34)(H,35,36)/t20-,23-,25?. The summed E-state index contributed by atoms with van der Waals surface area (Å²) in [7, 11) is 0. The molecule has 1 aromatic carbocycles. The summed E-state index contributed by atoms with van der Waals surface area (Å²) < 4.78 is 11.4. The first-order valence-electron chi connectivity index (χ1n) is 13.9. The SMILES string of the molecule is O=C(NC(CCO[C@H]1C[C@H](CCc2ccc3c(n2)NCCC3)C1)C(=O)O)c1ccccc1N1CCOCC1. The number of aromatic nitrogens is 1. The minimum atomic E-state index is -1.05. The summed E-state index contributed by atoms with van der Waals surface area (Å²) >= 11 is 0. The maximum Gasteiger partial charge on any atom is 0.326 e. The molecule has 204 valence electrons. The number of nitrogens with one attached hydrogen (secondary N) is 2. The summed E-state index contributed by atoms with van der Waals surface area (Å²) in [6.45, 7) is 3.91. The molecule has 0 radical (unpaired) electrons. The molecule has 9 heteroatoms. The van der Waals surface area contributed by atoms with Crippen LogP contribution in [0.15, 0.2) is 36.4 Å². The number of benzene rings is 1. The van der Waals surface area contributed by atoms with E-state index in [1.165, 1.54) is 12.0 Å². The molecule has 2 aromatic rings. The van der Waals surface area contributed by atoms with Crippen molar-refractivity contribution >= 4 is 23.4 Å². The number of carbonyl (C=O) groups excluding carboxylic acids is 1. The Bertz CT molecular complexity index is 1110. The van der Waals surface area contributed by atoms with E-state index in [4.69, 9.17) is 14.5 Å². The lowest BCUT2D eigenvalue weighted by atomic mass is 9.79. The Balaban J connectivity index is 1.04. The van der Waals surface area contributed by atoms with Crippen molar-refractivity contribution in [1.82, 2.24) is 10.3 Å². The number of rotatable bonds is 11. The lowest BCUT2D eigenvalue weighted by Gasteiger charge is -2.35. The van der Waals surface area contributed by atoms with Gasteiger partial charge in [0.15, 0.2) is 0 Å². The second-order valence-electron chi connectivity index (χ2n) is 10.5. The van der Waals surface area contributed by atoms with Gasteiger partial charge in [-0.1, -0.05) is 18.2 Å². The third kappa shape index (κ3) is 6.63. The van der Waals surface area contributed by atoms with Crippen LogP contribution in [0.4, 0.5) is 11.5 Å². The average Bonchev–Trinajstić information content (AvgIpc) is 2.93. The van der Waals surface area contributed by atoms with E-state index in [1.807, 2.05) is 12.1 Å². The number of amides is 1. The smallest absolute Gasteiger partial charge is 0.326 e. The van der Waals surface area contributed by atoms with Crippen LogP contribution in [-0.2, 0) is 27.1 Å². The van der Waals surface area contributed by atoms with Gasteiger partial charge in [-0.05, 0) is 68.2 Å². The Labute approximate surface area is 223 Å². The fourth-order valence-corrected chi connectivity index (χ4v) is 5.50. The van der Waals surface area contributed by atoms with E-state index >= 15 is 0 Å². The molecule has 2 fully saturated rings. The molecule has 1 aromatic heterocycles. The summed E-state index contributed by atoms with van der Waals surface area (Å²) in [4.78, 5) is 31.8. The molecule has 0 spiro atoms. The summed E-state index contributed by atoms with van der Waals surface area (Å²) in [6, 6.07) is 10.7. The van der Waals surface area contributed by atoms with Crippen LogP contribution in [0.25, 0.3) is 0 Å². The van der Waals surface area contributed by atoms with Crippen molar-refractivity contribution in [2.24, 2.45) is 5.92 Å². The number of hydrogen-bond acceptors (Lipinski definition) is 7. The largest absolute Gasteiger partial charge is 0.480 e. The lowest BCUT2D eigenvalue weighted by molar-refractivity contribution is -0.140. The molecule has 3 aliphatic rings. The number of carboxylic acid groups (broad SMARTS) is 1. The van der Waals surface area contributed by atoms with Gasteiger partial charge in [0, 0.05) is 44.0 Å². The Morgan fingerprint density at radius 2 is 2.00 bits per heavy atom. The number of ether oxygens (including phenoxy) is 2. The molecule has 1 atom stereocenters. The van der Waals surface area contributed by atoms with Crippen LogP contribution in [0, 0.1) is 5.92 Å². The zero-order chi connectivity index (χ0) is 26.3. The number of para-hydroxylation sites is 1. The third-order valence-electron chi connectivity index (χ3n) is 7.82. The molecule has 3 N–H and O–H groups in total. The number of morpholine rings is 1. The number of fused-ring (bicyclic) bond motifs is 1. The van der Waals surface area contributed by atoms with Crippen LogP contribution in [-0.4, -0.2) is 73.6 Å². The molecule has 1 saturated carbocycles. The molecule has 1 aliphatic carbocycles. The topological polar surface area (TPSA) is 113 Å². The van der Waals surface area contributed by atoms with Gasteiger partial charge in [0.1, 0.15) is 11.9 Å². The number of aliphatic carboxylic acids is 1. The van der Waals surface area contributed by atoms with Gasteiger partial charge in [-0.3, -0.25) is 4.79 Å². The maximum absolute atomic E-state index is 13.0. The van der Waals surface area contributed by atoms with Crippen LogP contribution in [0.5, 0.6) is 0 Å². The normalized spacial score (nSPS) is 21.5. The molecule has 0 bridgehead atoms. The first kappa shape index (κ1) is 26.4. The van der Waals surface area contributed by atoms with Crippen LogP contribution in [0.3, 0.4) is 0 Å². The second kappa shape index (κ2) is 12.6. The molecule has 38 heavy (non-hydrogen) atoms. The number of nitrogens with zero attached hydrogens (tertiary/aromatic N) is 2. The van der Waals surface area contributed by atoms with Gasteiger partial charge in [-0.25, -0.2) is 9.78 Å². The quantitative estimate of drug-likeness (QED) is 0.412. The van der Waals surface area contributed by atoms with Gasteiger partial charge in [-0.15, -0.1) is 0 Å². The highest BCUT2D eigenvalue weighted by Gasteiger charge is 2.30. The van der Waals surface area contributed by atoms with Crippen molar-refractivity contribution in [1.29, 1.82) is 0 Å². The third-order valence-corrected chi connectivity index (χ3v) is 7.82. The predicted molar refractivity (Wildman–Crippen MR) is 145 cm³/mol. The number of carboxylic acids is 1. The van der Waals surface area contributed by atoms with Gasteiger partial charge in [0.05, 0.1) is 24.9 Å². The maximum atomic E-state index is 13.0. The van der Waals surface area contributed by atoms with E-state index in [2.05, 4.69) is 27.7 Å². The molecule has 1 amide bonds. The Hall–Kier alpha value is -3.17. The Morgan fingerprint density at radius 1 is 1.18 bits per heavy atom. The van der Waals surface area contributed by atoms with E-state index < -0.39 is 12.0 Å². The molecule has 2 aliphatic heterocycles. The van der Waals surface area contributed by atoms with Gasteiger partial charge >= 0.3 is 5.97 Å². The minimum Gasteiger partial charge on any atom is -0.480 e. The zero-order valence-electron chi connectivity index (χ0n) is 21.9. The highest BCUT2D eigenvalue weighted by molar-refractivity contribution is 6.01. The molecule has 3 heterocycles. The van der Waals surface area contributed by atoms with Gasteiger partial charge in [0.25, 0.3) is 5.91 Å². The van der Waals surface area contributed by atoms with Crippen LogP contribution in [0.1, 0.15) is 53.7 Å².